The van der Waals surface area contributed by atoms with Crippen LogP contribution in [0.4, 0.5) is 5.69 Å². The van der Waals surface area contributed by atoms with Gasteiger partial charge in [0, 0.05) is 34.5 Å². The van der Waals surface area contributed by atoms with Crippen LogP contribution >= 0.6 is 22.6 Å². The molecular formula is C21H20IN2O. The summed E-state index contributed by atoms with van der Waals surface area (Å²) in [4.78, 5) is 14.2. The standard InChI is InChI=1S/C21H20IN2O/c1-3-19-10-12-21(25)24(19)20-11-9-18(22)13-17(20)15-23(2)14-16-7-5-4-6-8-16/h2-9,11,13,15,19H,1,10,12,14H2/t19-/m1/s1. The maximum Gasteiger partial charge on any atom is 0.227 e. The molecule has 1 aliphatic rings. The smallest absolute Gasteiger partial charge is 0.227 e. The van der Waals surface area contributed by atoms with Gasteiger partial charge in [0.1, 0.15) is 6.54 Å². The summed E-state index contributed by atoms with van der Waals surface area (Å²) in [6, 6.07) is 16.2. The number of hydrogen-bond acceptors (Lipinski definition) is 1. The number of anilines is 1. The normalized spacial score (nSPS) is 17.8. The molecule has 3 rings (SSSR count). The molecule has 1 aliphatic heterocycles. The van der Waals surface area contributed by atoms with Crippen LogP contribution in [0.3, 0.4) is 0 Å². The zero-order chi connectivity index (χ0) is 17.8. The van der Waals surface area contributed by atoms with Crippen LogP contribution in [-0.2, 0) is 11.3 Å². The van der Waals surface area contributed by atoms with Crippen LogP contribution in [0.1, 0.15) is 24.0 Å². The lowest BCUT2D eigenvalue weighted by Crippen LogP contribution is -2.32. The first-order chi connectivity index (χ1) is 12.1. The summed E-state index contributed by atoms with van der Waals surface area (Å²) in [6.45, 7) is 4.48. The van der Waals surface area contributed by atoms with E-state index in [4.69, 9.17) is 7.05 Å². The topological polar surface area (TPSA) is 23.3 Å². The van der Waals surface area contributed by atoms with Crippen molar-refractivity contribution < 1.29 is 9.37 Å². The van der Waals surface area contributed by atoms with E-state index >= 15 is 0 Å². The van der Waals surface area contributed by atoms with Gasteiger partial charge < -0.3 is 9.48 Å². The Balaban J connectivity index is 1.95. The SMILES string of the molecule is [CH-][N+](=Cc1cc(I)ccc1N1C(=O)CC[C@H]1C=C)Cc1ccccc1. The Kier molecular flexibility index (Phi) is 5.58. The maximum atomic E-state index is 12.4. The summed E-state index contributed by atoms with van der Waals surface area (Å²) in [5.41, 5.74) is 2.96. The van der Waals surface area contributed by atoms with Crippen LogP contribution in [0.2, 0.25) is 0 Å². The Morgan fingerprint density at radius 1 is 1.28 bits per heavy atom. The van der Waals surface area contributed by atoms with Crippen molar-refractivity contribution in [3.8, 4) is 0 Å². The number of nitrogens with zero attached hydrogens (tertiary/aromatic N) is 2. The number of carbonyl (C=O) groups excluding carboxylic acids is 1. The molecule has 4 heteroatoms. The second-order valence-corrected chi connectivity index (χ2v) is 7.34. The number of amides is 1. The molecule has 2 aromatic rings. The lowest BCUT2D eigenvalue weighted by Gasteiger charge is -2.25. The summed E-state index contributed by atoms with van der Waals surface area (Å²) in [7, 11) is 6.21. The molecule has 0 aromatic heterocycles. The first kappa shape index (κ1) is 17.7. The van der Waals surface area contributed by atoms with E-state index in [2.05, 4.69) is 29.2 Å². The Hall–Kier alpha value is -2.08. The molecule has 1 amide bonds. The lowest BCUT2D eigenvalue weighted by molar-refractivity contribution is -0.476. The molecule has 0 aliphatic carbocycles. The zero-order valence-electron chi connectivity index (χ0n) is 13.9. The van der Waals surface area contributed by atoms with E-state index in [0.29, 0.717) is 13.0 Å². The maximum absolute atomic E-state index is 12.4. The van der Waals surface area contributed by atoms with Crippen molar-refractivity contribution in [1.82, 2.24) is 0 Å². The van der Waals surface area contributed by atoms with Gasteiger partial charge in [-0.15, -0.1) is 6.58 Å². The Morgan fingerprint density at radius 2 is 2.04 bits per heavy atom. The van der Waals surface area contributed by atoms with Crippen LogP contribution in [0.15, 0.2) is 61.2 Å². The molecular weight excluding hydrogens is 423 g/mol. The predicted octanol–water partition coefficient (Wildman–Crippen LogP) is 4.27. The number of carbonyl (C=O) groups is 1. The van der Waals surface area contributed by atoms with Gasteiger partial charge in [-0.2, -0.15) is 0 Å². The van der Waals surface area contributed by atoms with Crippen molar-refractivity contribution in [2.45, 2.75) is 25.4 Å². The van der Waals surface area contributed by atoms with E-state index in [1.54, 1.807) is 4.58 Å². The third kappa shape index (κ3) is 4.12. The van der Waals surface area contributed by atoms with Crippen molar-refractivity contribution in [3.63, 3.8) is 0 Å². The molecule has 1 fully saturated rings. The van der Waals surface area contributed by atoms with Gasteiger partial charge in [0.05, 0.1) is 6.04 Å². The van der Waals surface area contributed by atoms with Crippen molar-refractivity contribution in [2.24, 2.45) is 0 Å². The number of rotatable bonds is 5. The van der Waals surface area contributed by atoms with E-state index in [1.165, 1.54) is 0 Å². The van der Waals surface area contributed by atoms with E-state index in [-0.39, 0.29) is 11.9 Å². The van der Waals surface area contributed by atoms with E-state index in [0.717, 1.165) is 26.8 Å². The highest BCUT2D eigenvalue weighted by atomic mass is 127. The van der Waals surface area contributed by atoms with Gasteiger partial charge >= 0.3 is 0 Å². The van der Waals surface area contributed by atoms with Crippen LogP contribution < -0.4 is 4.90 Å². The highest BCUT2D eigenvalue weighted by Crippen LogP contribution is 2.30. The fraction of sp³-hybridized carbons (Fsp3) is 0.190. The van der Waals surface area contributed by atoms with E-state index < -0.39 is 0 Å². The molecule has 0 bridgehead atoms. The van der Waals surface area contributed by atoms with E-state index in [9.17, 15) is 4.79 Å². The van der Waals surface area contributed by atoms with Gasteiger partial charge in [-0.25, -0.2) is 0 Å². The molecule has 127 valence electrons. The summed E-state index contributed by atoms with van der Waals surface area (Å²) in [5, 5.41) is 0. The second-order valence-electron chi connectivity index (χ2n) is 6.10. The van der Waals surface area contributed by atoms with Gasteiger partial charge in [0.2, 0.25) is 5.91 Å². The monoisotopic (exact) mass is 443 g/mol. The average molecular weight is 443 g/mol. The highest BCUT2D eigenvalue weighted by Gasteiger charge is 2.30. The predicted molar refractivity (Wildman–Crippen MR) is 110 cm³/mol. The molecule has 0 saturated carbocycles. The Labute approximate surface area is 162 Å². The second kappa shape index (κ2) is 7.87. The molecule has 3 nitrogen and oxygen atoms in total. The van der Waals surface area contributed by atoms with Crippen molar-refractivity contribution in [2.75, 3.05) is 4.90 Å². The molecule has 0 N–H and O–H groups in total. The molecule has 2 aromatic carbocycles. The van der Waals surface area contributed by atoms with Gasteiger partial charge in [0.25, 0.3) is 0 Å². The zero-order valence-corrected chi connectivity index (χ0v) is 16.1. The molecule has 0 spiro atoms. The Bertz CT molecular complexity index is 814. The quantitative estimate of drug-likeness (QED) is 0.169. The molecule has 25 heavy (non-hydrogen) atoms. The number of hydrogen-bond donors (Lipinski definition) is 0. The van der Waals surface area contributed by atoms with Crippen LogP contribution in [0.25, 0.3) is 0 Å². The molecule has 1 radical (unpaired) electrons. The highest BCUT2D eigenvalue weighted by molar-refractivity contribution is 14.1. The van der Waals surface area contributed by atoms with Crippen LogP contribution in [0.5, 0.6) is 0 Å². The van der Waals surface area contributed by atoms with E-state index in [1.807, 2.05) is 65.7 Å². The minimum atomic E-state index is 0.0417. The fourth-order valence-corrected chi connectivity index (χ4v) is 3.62. The lowest BCUT2D eigenvalue weighted by atomic mass is 10.1. The minimum absolute atomic E-state index is 0.0417. The van der Waals surface area contributed by atoms with Crippen LogP contribution in [0, 0.1) is 10.6 Å². The van der Waals surface area contributed by atoms with Gasteiger partial charge in [-0.1, -0.05) is 42.5 Å². The molecule has 0 unspecified atom stereocenters. The third-order valence-electron chi connectivity index (χ3n) is 4.29. The summed E-state index contributed by atoms with van der Waals surface area (Å²) < 4.78 is 2.76. The van der Waals surface area contributed by atoms with Gasteiger partial charge in [-0.05, 0) is 46.7 Å². The largest absolute Gasteiger partial charge is 0.368 e. The summed E-state index contributed by atoms with van der Waals surface area (Å²) >= 11 is 2.27. The van der Waals surface area contributed by atoms with Crippen molar-refractivity contribution in [3.05, 3.63) is 82.9 Å². The third-order valence-corrected chi connectivity index (χ3v) is 4.96. The summed E-state index contributed by atoms with van der Waals surface area (Å²) in [6.07, 6.45) is 5.11. The van der Waals surface area contributed by atoms with Crippen LogP contribution in [-0.4, -0.2) is 22.7 Å². The summed E-state index contributed by atoms with van der Waals surface area (Å²) in [5.74, 6) is 0.132. The van der Waals surface area contributed by atoms with Crippen molar-refractivity contribution >= 4 is 40.4 Å². The molecule has 1 atom stereocenters. The van der Waals surface area contributed by atoms with Gasteiger partial charge in [-0.3, -0.25) is 4.79 Å². The molecule has 1 heterocycles. The first-order valence-electron chi connectivity index (χ1n) is 8.23. The first-order valence-corrected chi connectivity index (χ1v) is 9.30. The number of benzene rings is 2. The Morgan fingerprint density at radius 3 is 2.76 bits per heavy atom. The minimum Gasteiger partial charge on any atom is -0.368 e. The number of halogens is 1. The van der Waals surface area contributed by atoms with Gasteiger partial charge in [0.15, 0.2) is 0 Å². The average Bonchev–Trinajstić information content (AvgIpc) is 2.96. The molecule has 1 saturated heterocycles. The van der Waals surface area contributed by atoms with Crippen molar-refractivity contribution in [1.29, 1.82) is 0 Å². The fourth-order valence-electron chi connectivity index (χ4n) is 3.11.